The van der Waals surface area contributed by atoms with Crippen molar-refractivity contribution < 1.29 is 24.2 Å². The van der Waals surface area contributed by atoms with Gasteiger partial charge in [0.2, 0.25) is 0 Å². The molecule has 0 spiro atoms. The number of hydrogen-bond acceptors (Lipinski definition) is 5. The third-order valence-electron chi connectivity index (χ3n) is 6.29. The summed E-state index contributed by atoms with van der Waals surface area (Å²) in [5.41, 5.74) is 0.110. The molecule has 1 fully saturated rings. The fourth-order valence-corrected chi connectivity index (χ4v) is 4.50. The van der Waals surface area contributed by atoms with Gasteiger partial charge in [0.1, 0.15) is 6.10 Å². The van der Waals surface area contributed by atoms with Crippen molar-refractivity contribution in [2.45, 2.75) is 72.5 Å². The number of aliphatic hydroxyl groups is 1. The molecule has 0 amide bonds. The van der Waals surface area contributed by atoms with Gasteiger partial charge in [-0.3, -0.25) is 9.59 Å². The zero-order valence-electron chi connectivity index (χ0n) is 17.0. The molecule has 5 heteroatoms. The minimum atomic E-state index is -0.890. The van der Waals surface area contributed by atoms with Gasteiger partial charge in [-0.15, -0.1) is 0 Å². The van der Waals surface area contributed by atoms with E-state index in [1.54, 1.807) is 0 Å². The molecule has 26 heavy (non-hydrogen) atoms. The number of rotatable bonds is 5. The lowest BCUT2D eigenvalue weighted by Crippen LogP contribution is -2.56. The molecule has 0 aromatic carbocycles. The van der Waals surface area contributed by atoms with E-state index in [2.05, 4.69) is 19.9 Å². The predicted octanol–water partition coefficient (Wildman–Crippen LogP) is 3.50. The van der Waals surface area contributed by atoms with Crippen molar-refractivity contribution in [1.29, 1.82) is 0 Å². The fourth-order valence-electron chi connectivity index (χ4n) is 4.50. The summed E-state index contributed by atoms with van der Waals surface area (Å²) in [5, 5.41) is 11.5. The van der Waals surface area contributed by atoms with Gasteiger partial charge in [0.15, 0.2) is 0 Å². The Kier molecular flexibility index (Phi) is 6.54. The van der Waals surface area contributed by atoms with Crippen LogP contribution in [-0.4, -0.2) is 35.4 Å². The van der Waals surface area contributed by atoms with Crippen molar-refractivity contribution >= 4 is 11.9 Å². The fraction of sp³-hybridized carbons (Fsp3) is 0.810. The highest BCUT2D eigenvalue weighted by molar-refractivity contribution is 5.71. The lowest BCUT2D eigenvalue weighted by molar-refractivity contribution is -0.161. The van der Waals surface area contributed by atoms with Gasteiger partial charge in [-0.2, -0.15) is 0 Å². The highest BCUT2D eigenvalue weighted by Crippen LogP contribution is 2.51. The van der Waals surface area contributed by atoms with Crippen LogP contribution in [0.2, 0.25) is 0 Å². The summed E-state index contributed by atoms with van der Waals surface area (Å²) >= 11 is 0. The van der Waals surface area contributed by atoms with Gasteiger partial charge in [-0.05, 0) is 43.1 Å². The molecule has 0 unspecified atom stereocenters. The van der Waals surface area contributed by atoms with Crippen molar-refractivity contribution in [3.63, 3.8) is 0 Å². The maximum atomic E-state index is 11.8. The maximum Gasteiger partial charge on any atom is 0.308 e. The number of ether oxygens (including phenoxy) is 2. The number of fused-ring (bicyclic) bond motifs is 1. The van der Waals surface area contributed by atoms with Gasteiger partial charge in [-0.1, -0.05) is 33.8 Å². The second-order valence-corrected chi connectivity index (χ2v) is 8.63. The Bertz CT molecular complexity index is 567. The number of carbonyl (C=O) groups excluding carboxylic acids is 2. The van der Waals surface area contributed by atoms with Crippen LogP contribution < -0.4 is 0 Å². The molecule has 5 nitrogen and oxygen atoms in total. The van der Waals surface area contributed by atoms with E-state index in [1.807, 2.05) is 20.8 Å². The first kappa shape index (κ1) is 20.9. The molecular formula is C21H34O5. The smallest absolute Gasteiger partial charge is 0.308 e. The van der Waals surface area contributed by atoms with Crippen LogP contribution in [0.3, 0.4) is 0 Å². The van der Waals surface area contributed by atoms with Gasteiger partial charge in [-0.25, -0.2) is 0 Å². The van der Waals surface area contributed by atoms with Crippen LogP contribution in [-0.2, 0) is 19.1 Å². The van der Waals surface area contributed by atoms with E-state index in [4.69, 9.17) is 9.47 Å². The molecule has 0 heterocycles. The Hall–Kier alpha value is -1.36. The summed E-state index contributed by atoms with van der Waals surface area (Å²) in [7, 11) is 0. The first-order valence-corrected chi connectivity index (χ1v) is 9.80. The van der Waals surface area contributed by atoms with E-state index >= 15 is 0 Å². The van der Waals surface area contributed by atoms with Crippen molar-refractivity contribution in [2.75, 3.05) is 6.61 Å². The van der Waals surface area contributed by atoms with E-state index < -0.39 is 5.60 Å². The Morgan fingerprint density at radius 2 is 1.96 bits per heavy atom. The molecule has 1 saturated carbocycles. The van der Waals surface area contributed by atoms with Crippen LogP contribution in [0.1, 0.15) is 60.8 Å². The molecule has 0 aromatic rings. The molecule has 0 saturated heterocycles. The summed E-state index contributed by atoms with van der Waals surface area (Å²) in [4.78, 5) is 23.2. The second-order valence-electron chi connectivity index (χ2n) is 8.63. The van der Waals surface area contributed by atoms with Crippen molar-refractivity contribution in [3.05, 3.63) is 11.6 Å². The lowest BCUT2D eigenvalue weighted by atomic mass is 9.57. The van der Waals surface area contributed by atoms with Gasteiger partial charge in [0.05, 0.1) is 18.1 Å². The van der Waals surface area contributed by atoms with Crippen LogP contribution in [0.5, 0.6) is 0 Å². The van der Waals surface area contributed by atoms with Crippen LogP contribution in [0.25, 0.3) is 0 Å². The summed E-state index contributed by atoms with van der Waals surface area (Å²) in [5.74, 6) is -0.102. The zero-order valence-corrected chi connectivity index (χ0v) is 17.0. The lowest BCUT2D eigenvalue weighted by Gasteiger charge is -2.52. The van der Waals surface area contributed by atoms with E-state index in [-0.39, 0.29) is 47.6 Å². The molecule has 0 bridgehead atoms. The van der Waals surface area contributed by atoms with Gasteiger partial charge >= 0.3 is 11.9 Å². The zero-order chi connectivity index (χ0) is 19.6. The quantitative estimate of drug-likeness (QED) is 0.595. The summed E-state index contributed by atoms with van der Waals surface area (Å²) in [6.45, 7) is 11.6. The molecule has 2 aliphatic rings. The molecular weight excluding hydrogens is 332 g/mol. The first-order valence-electron chi connectivity index (χ1n) is 9.80. The molecule has 2 rings (SSSR count). The van der Waals surface area contributed by atoms with Gasteiger partial charge in [0.25, 0.3) is 0 Å². The van der Waals surface area contributed by atoms with Crippen LogP contribution in [0.4, 0.5) is 0 Å². The Morgan fingerprint density at radius 1 is 1.31 bits per heavy atom. The summed E-state index contributed by atoms with van der Waals surface area (Å²) in [6.07, 6.45) is 4.09. The summed E-state index contributed by atoms with van der Waals surface area (Å²) < 4.78 is 10.9. The van der Waals surface area contributed by atoms with Crippen LogP contribution in [0.15, 0.2) is 11.6 Å². The average molecular weight is 366 g/mol. The SMILES string of the molecule is CC(=O)O[C@@H]1C[C@@]2(O)[C@H](C)CC[C@H]([C@H](C)COC(=O)C(C)C)[C@H]2C=C1C. The largest absolute Gasteiger partial charge is 0.465 e. The average Bonchev–Trinajstić information content (AvgIpc) is 2.54. The Labute approximate surface area is 157 Å². The second kappa shape index (κ2) is 8.12. The molecule has 1 N–H and O–H groups in total. The predicted molar refractivity (Wildman–Crippen MR) is 99.2 cm³/mol. The van der Waals surface area contributed by atoms with Crippen molar-refractivity contribution in [1.82, 2.24) is 0 Å². The van der Waals surface area contributed by atoms with E-state index in [9.17, 15) is 14.7 Å². The third kappa shape index (κ3) is 4.30. The van der Waals surface area contributed by atoms with Crippen LogP contribution in [0, 0.1) is 29.6 Å². The van der Waals surface area contributed by atoms with E-state index in [0.29, 0.717) is 13.0 Å². The molecule has 0 aromatic heterocycles. The van der Waals surface area contributed by atoms with E-state index in [0.717, 1.165) is 18.4 Å². The minimum Gasteiger partial charge on any atom is -0.465 e. The standard InChI is InChI=1S/C21H34O5/c1-12(2)20(23)25-11-14(4)17-8-7-15(5)21(24)10-19(26-16(6)22)13(3)9-18(17)21/h9,12,14-15,17-19,24H,7-8,10-11H2,1-6H3/t14-,15-,17-,18-,19-,21-/m1/s1. The van der Waals surface area contributed by atoms with E-state index in [1.165, 1.54) is 6.92 Å². The topological polar surface area (TPSA) is 72.8 Å². The number of carbonyl (C=O) groups is 2. The highest BCUT2D eigenvalue weighted by atomic mass is 16.5. The monoisotopic (exact) mass is 366 g/mol. The molecule has 2 aliphatic carbocycles. The molecule has 0 aliphatic heterocycles. The molecule has 0 radical (unpaired) electrons. The number of esters is 2. The van der Waals surface area contributed by atoms with Crippen LogP contribution >= 0.6 is 0 Å². The third-order valence-corrected chi connectivity index (χ3v) is 6.29. The first-order chi connectivity index (χ1) is 12.1. The Morgan fingerprint density at radius 3 is 2.54 bits per heavy atom. The molecule has 148 valence electrons. The minimum absolute atomic E-state index is 0.00851. The number of hydrogen-bond donors (Lipinski definition) is 1. The van der Waals surface area contributed by atoms with Crippen molar-refractivity contribution in [3.8, 4) is 0 Å². The van der Waals surface area contributed by atoms with Gasteiger partial charge in [0, 0.05) is 19.3 Å². The highest BCUT2D eigenvalue weighted by Gasteiger charge is 2.52. The normalized spacial score (nSPS) is 35.3. The summed E-state index contributed by atoms with van der Waals surface area (Å²) in [6, 6.07) is 0. The Balaban J connectivity index is 2.19. The maximum absolute atomic E-state index is 11.8. The van der Waals surface area contributed by atoms with Gasteiger partial charge < -0.3 is 14.6 Å². The van der Waals surface area contributed by atoms with Crippen molar-refractivity contribution in [2.24, 2.45) is 29.6 Å². The molecule has 6 atom stereocenters.